The summed E-state index contributed by atoms with van der Waals surface area (Å²) in [7, 11) is 0. The van der Waals surface area contributed by atoms with Crippen LogP contribution in [-0.4, -0.2) is 73.6 Å². The fourth-order valence-corrected chi connectivity index (χ4v) is 4.35. The molecule has 1 fully saturated rings. The number of aromatic carboxylic acids is 1. The van der Waals surface area contributed by atoms with E-state index >= 15 is 0 Å². The molecular weight excluding hydrogens is 398 g/mol. The number of hydrogen-bond donors (Lipinski definition) is 1. The van der Waals surface area contributed by atoms with E-state index in [1.54, 1.807) is 17.0 Å². The summed E-state index contributed by atoms with van der Waals surface area (Å²) in [6, 6.07) is 6.12. The molecule has 2 aliphatic heterocycles. The third-order valence-corrected chi connectivity index (χ3v) is 6.06. The van der Waals surface area contributed by atoms with Crippen molar-refractivity contribution in [2.24, 2.45) is 5.92 Å². The standard InChI is InChI=1S/C22H27N5O4/c1-14(2)20(28)26-8-6-17(13-26)19-24-23-18-7-9-25(10-11-27(18)19)21(29)15-4-3-5-16(12-15)22(30)31/h3-5,12,14,17H,6-11,13H2,1-2H3,(H,30,31). The summed E-state index contributed by atoms with van der Waals surface area (Å²) in [5, 5.41) is 18.0. The molecule has 1 saturated heterocycles. The highest BCUT2D eigenvalue weighted by molar-refractivity contribution is 5.97. The molecular formula is C22H27N5O4. The zero-order valence-corrected chi connectivity index (χ0v) is 17.8. The number of benzene rings is 1. The summed E-state index contributed by atoms with van der Waals surface area (Å²) in [5.41, 5.74) is 0.471. The zero-order valence-electron chi connectivity index (χ0n) is 17.8. The fraction of sp³-hybridized carbons (Fsp3) is 0.500. The number of carboxylic acids is 1. The number of fused-ring (bicyclic) bond motifs is 1. The maximum Gasteiger partial charge on any atom is 0.335 e. The number of carbonyl (C=O) groups excluding carboxylic acids is 2. The largest absolute Gasteiger partial charge is 0.478 e. The van der Waals surface area contributed by atoms with Crippen molar-refractivity contribution in [2.45, 2.75) is 39.2 Å². The van der Waals surface area contributed by atoms with Crippen LogP contribution < -0.4 is 0 Å². The van der Waals surface area contributed by atoms with Crippen LogP contribution >= 0.6 is 0 Å². The topological polar surface area (TPSA) is 109 Å². The average molecular weight is 425 g/mol. The molecule has 2 aromatic rings. The Morgan fingerprint density at radius 3 is 2.55 bits per heavy atom. The van der Waals surface area contributed by atoms with Gasteiger partial charge in [0.25, 0.3) is 5.91 Å². The first-order chi connectivity index (χ1) is 14.8. The monoisotopic (exact) mass is 425 g/mol. The molecule has 3 heterocycles. The number of hydrogen-bond acceptors (Lipinski definition) is 5. The van der Waals surface area contributed by atoms with Gasteiger partial charge in [0, 0.05) is 56.5 Å². The minimum Gasteiger partial charge on any atom is -0.478 e. The van der Waals surface area contributed by atoms with Crippen LogP contribution in [0.4, 0.5) is 0 Å². The van der Waals surface area contributed by atoms with E-state index < -0.39 is 5.97 Å². The highest BCUT2D eigenvalue weighted by Gasteiger charge is 2.33. The Bertz CT molecular complexity index is 1020. The number of nitrogens with zero attached hydrogens (tertiary/aromatic N) is 5. The molecule has 0 radical (unpaired) electrons. The minimum atomic E-state index is -1.05. The van der Waals surface area contributed by atoms with Crippen LogP contribution in [0.2, 0.25) is 0 Å². The maximum atomic E-state index is 13.0. The highest BCUT2D eigenvalue weighted by Crippen LogP contribution is 2.28. The summed E-state index contributed by atoms with van der Waals surface area (Å²) in [6.07, 6.45) is 1.44. The molecule has 0 spiro atoms. The fourth-order valence-electron chi connectivity index (χ4n) is 4.35. The van der Waals surface area contributed by atoms with Gasteiger partial charge in [-0.25, -0.2) is 4.79 Å². The van der Waals surface area contributed by atoms with Crippen LogP contribution in [0.15, 0.2) is 24.3 Å². The van der Waals surface area contributed by atoms with E-state index in [4.69, 9.17) is 0 Å². The van der Waals surface area contributed by atoms with Crippen LogP contribution in [0.25, 0.3) is 0 Å². The Balaban J connectivity index is 1.46. The Labute approximate surface area is 180 Å². The molecule has 31 heavy (non-hydrogen) atoms. The molecule has 0 bridgehead atoms. The summed E-state index contributed by atoms with van der Waals surface area (Å²) in [4.78, 5) is 40.2. The lowest BCUT2D eigenvalue weighted by atomic mass is 10.1. The van der Waals surface area contributed by atoms with E-state index in [9.17, 15) is 19.5 Å². The van der Waals surface area contributed by atoms with Crippen LogP contribution in [0.3, 0.4) is 0 Å². The minimum absolute atomic E-state index is 0.0199. The first kappa shape index (κ1) is 21.0. The first-order valence-electron chi connectivity index (χ1n) is 10.7. The number of amides is 2. The lowest BCUT2D eigenvalue weighted by Crippen LogP contribution is -2.34. The molecule has 0 aliphatic carbocycles. The second kappa shape index (κ2) is 8.49. The predicted molar refractivity (Wildman–Crippen MR) is 112 cm³/mol. The van der Waals surface area contributed by atoms with E-state index in [-0.39, 0.29) is 29.2 Å². The van der Waals surface area contributed by atoms with Gasteiger partial charge in [0.05, 0.1) is 5.56 Å². The first-order valence-corrected chi connectivity index (χ1v) is 10.7. The van der Waals surface area contributed by atoms with Gasteiger partial charge in [-0.05, 0) is 24.6 Å². The zero-order chi connectivity index (χ0) is 22.1. The molecule has 1 unspecified atom stereocenters. The van der Waals surface area contributed by atoms with Crippen molar-refractivity contribution in [1.29, 1.82) is 0 Å². The molecule has 1 aromatic heterocycles. The molecule has 0 saturated carbocycles. The van der Waals surface area contributed by atoms with Gasteiger partial charge in [-0.2, -0.15) is 0 Å². The number of rotatable bonds is 4. The van der Waals surface area contributed by atoms with Crippen molar-refractivity contribution in [3.05, 3.63) is 47.0 Å². The second-order valence-electron chi connectivity index (χ2n) is 8.48. The van der Waals surface area contributed by atoms with Crippen molar-refractivity contribution in [3.63, 3.8) is 0 Å². The normalized spacial score (nSPS) is 18.7. The van der Waals surface area contributed by atoms with Crippen molar-refractivity contribution in [2.75, 3.05) is 26.2 Å². The lowest BCUT2D eigenvalue weighted by molar-refractivity contribution is -0.133. The van der Waals surface area contributed by atoms with Gasteiger partial charge in [-0.3, -0.25) is 9.59 Å². The van der Waals surface area contributed by atoms with Crippen molar-refractivity contribution >= 4 is 17.8 Å². The summed E-state index contributed by atoms with van der Waals surface area (Å²) >= 11 is 0. The van der Waals surface area contributed by atoms with E-state index in [2.05, 4.69) is 14.8 Å². The Kier molecular flexibility index (Phi) is 5.75. The number of aromatic nitrogens is 3. The van der Waals surface area contributed by atoms with Crippen LogP contribution in [0.5, 0.6) is 0 Å². The number of likely N-dealkylation sites (tertiary alicyclic amines) is 1. The highest BCUT2D eigenvalue weighted by atomic mass is 16.4. The smallest absolute Gasteiger partial charge is 0.335 e. The molecule has 9 heteroatoms. The third kappa shape index (κ3) is 4.17. The van der Waals surface area contributed by atoms with Gasteiger partial charge in [-0.1, -0.05) is 19.9 Å². The van der Waals surface area contributed by atoms with Crippen molar-refractivity contribution in [3.8, 4) is 0 Å². The SMILES string of the molecule is CC(C)C(=O)N1CCC(c2nnc3n2CCN(C(=O)c2cccc(C(=O)O)c2)CC3)C1. The van der Waals surface area contributed by atoms with E-state index in [0.29, 0.717) is 38.2 Å². The molecule has 9 nitrogen and oxygen atoms in total. The Hall–Kier alpha value is -3.23. The molecule has 4 rings (SSSR count). The second-order valence-corrected chi connectivity index (χ2v) is 8.48. The quantitative estimate of drug-likeness (QED) is 0.798. The number of carbonyl (C=O) groups is 3. The third-order valence-electron chi connectivity index (χ3n) is 6.06. The van der Waals surface area contributed by atoms with Gasteiger partial charge in [0.15, 0.2) is 0 Å². The molecule has 2 aliphatic rings. The van der Waals surface area contributed by atoms with Crippen molar-refractivity contribution in [1.82, 2.24) is 24.6 Å². The lowest BCUT2D eigenvalue weighted by Gasteiger charge is -2.21. The van der Waals surface area contributed by atoms with E-state index in [1.165, 1.54) is 12.1 Å². The van der Waals surface area contributed by atoms with Crippen LogP contribution in [-0.2, 0) is 17.8 Å². The summed E-state index contributed by atoms with van der Waals surface area (Å²) < 4.78 is 2.09. The molecule has 1 aromatic carbocycles. The van der Waals surface area contributed by atoms with E-state index in [0.717, 1.165) is 24.6 Å². The Morgan fingerprint density at radius 2 is 1.81 bits per heavy atom. The van der Waals surface area contributed by atoms with Gasteiger partial charge < -0.3 is 19.5 Å². The van der Waals surface area contributed by atoms with Crippen LogP contribution in [0.1, 0.15) is 58.6 Å². The van der Waals surface area contributed by atoms with Gasteiger partial charge in [0.1, 0.15) is 11.6 Å². The molecule has 1 atom stereocenters. The maximum absolute atomic E-state index is 13.0. The van der Waals surface area contributed by atoms with Gasteiger partial charge in [0.2, 0.25) is 5.91 Å². The Morgan fingerprint density at radius 1 is 1.03 bits per heavy atom. The summed E-state index contributed by atoms with van der Waals surface area (Å²) in [6.45, 7) is 6.78. The number of carboxylic acid groups (broad SMARTS) is 1. The summed E-state index contributed by atoms with van der Waals surface area (Å²) in [5.74, 6) is 0.792. The van der Waals surface area contributed by atoms with Gasteiger partial charge >= 0.3 is 5.97 Å². The predicted octanol–water partition coefficient (Wildman–Crippen LogP) is 1.65. The van der Waals surface area contributed by atoms with Gasteiger partial charge in [-0.15, -0.1) is 10.2 Å². The van der Waals surface area contributed by atoms with E-state index in [1.807, 2.05) is 18.7 Å². The molecule has 164 valence electrons. The molecule has 2 amide bonds. The average Bonchev–Trinajstić information content (AvgIpc) is 3.35. The molecule has 1 N–H and O–H groups in total. The van der Waals surface area contributed by atoms with Crippen molar-refractivity contribution < 1.29 is 19.5 Å². The van der Waals surface area contributed by atoms with Crippen LogP contribution in [0, 0.1) is 5.92 Å².